The fourth-order valence-corrected chi connectivity index (χ4v) is 3.14. The monoisotopic (exact) mass is 357 g/mol. The summed E-state index contributed by atoms with van der Waals surface area (Å²) in [6.07, 6.45) is 0.698. The summed E-state index contributed by atoms with van der Waals surface area (Å²) >= 11 is 5.49. The van der Waals surface area contributed by atoms with Gasteiger partial charge < -0.3 is 10.1 Å². The molecule has 130 valence electrons. The number of rotatable bonds is 4. The van der Waals surface area contributed by atoms with Gasteiger partial charge in [-0.2, -0.15) is 5.10 Å². The molecule has 1 heterocycles. The van der Waals surface area contributed by atoms with Gasteiger partial charge in [0.1, 0.15) is 11.6 Å². The van der Waals surface area contributed by atoms with E-state index in [1.54, 1.807) is 19.2 Å². The van der Waals surface area contributed by atoms with Gasteiger partial charge >= 0.3 is 0 Å². The van der Waals surface area contributed by atoms with Crippen LogP contribution in [0.3, 0.4) is 0 Å². The zero-order valence-electron chi connectivity index (χ0n) is 14.2. The van der Waals surface area contributed by atoms with Crippen molar-refractivity contribution in [2.75, 3.05) is 13.7 Å². The van der Waals surface area contributed by atoms with Crippen molar-refractivity contribution in [1.29, 1.82) is 0 Å². The molecule has 2 aromatic carbocycles. The molecule has 0 radical (unpaired) electrons. The number of halogens is 1. The van der Waals surface area contributed by atoms with Gasteiger partial charge in [0.25, 0.3) is 0 Å². The first kappa shape index (κ1) is 17.4. The molecular weight excluding hydrogens is 337 g/mol. The quantitative estimate of drug-likeness (QED) is 0.843. The predicted octanol–water partition coefficient (Wildman–Crippen LogP) is 3.88. The molecule has 0 fully saturated rings. The van der Waals surface area contributed by atoms with Crippen LogP contribution in [0.2, 0.25) is 0 Å². The lowest BCUT2D eigenvalue weighted by Crippen LogP contribution is -2.36. The summed E-state index contributed by atoms with van der Waals surface area (Å²) in [4.78, 5) is 0. The van der Waals surface area contributed by atoms with Crippen molar-refractivity contribution >= 4 is 23.0 Å². The average Bonchev–Trinajstić information content (AvgIpc) is 3.08. The SMILES string of the molecule is CCNC(=S)N1N=C(c2ccc(F)cc2)CC1c1ccc(OC)cc1. The number of benzene rings is 2. The molecule has 1 unspecified atom stereocenters. The number of ether oxygens (including phenoxy) is 1. The van der Waals surface area contributed by atoms with Crippen LogP contribution in [0.1, 0.15) is 30.5 Å². The summed E-state index contributed by atoms with van der Waals surface area (Å²) in [5.74, 6) is 0.552. The van der Waals surface area contributed by atoms with Gasteiger partial charge in [0.05, 0.1) is 18.9 Å². The summed E-state index contributed by atoms with van der Waals surface area (Å²) in [6.45, 7) is 2.72. The summed E-state index contributed by atoms with van der Waals surface area (Å²) in [7, 11) is 1.65. The molecule has 6 heteroatoms. The molecular formula is C19H20FN3OS. The number of hydrazone groups is 1. The molecule has 1 atom stereocenters. The highest BCUT2D eigenvalue weighted by Gasteiger charge is 2.31. The Kier molecular flexibility index (Phi) is 5.28. The minimum atomic E-state index is -0.255. The maximum absolute atomic E-state index is 13.2. The molecule has 0 amide bonds. The van der Waals surface area contributed by atoms with E-state index in [0.29, 0.717) is 11.5 Å². The van der Waals surface area contributed by atoms with E-state index < -0.39 is 0 Å². The van der Waals surface area contributed by atoms with E-state index in [0.717, 1.165) is 29.1 Å². The number of thiocarbonyl (C=S) groups is 1. The lowest BCUT2D eigenvalue weighted by Gasteiger charge is -2.24. The Morgan fingerprint density at radius 1 is 1.24 bits per heavy atom. The first-order valence-corrected chi connectivity index (χ1v) is 8.57. The van der Waals surface area contributed by atoms with Crippen molar-refractivity contribution in [2.24, 2.45) is 5.10 Å². The molecule has 0 saturated heterocycles. The topological polar surface area (TPSA) is 36.9 Å². The second-order valence-electron chi connectivity index (χ2n) is 5.73. The van der Waals surface area contributed by atoms with E-state index in [2.05, 4.69) is 5.32 Å². The van der Waals surface area contributed by atoms with Crippen molar-refractivity contribution in [2.45, 2.75) is 19.4 Å². The highest BCUT2D eigenvalue weighted by atomic mass is 32.1. The van der Waals surface area contributed by atoms with Gasteiger partial charge in [-0.05, 0) is 54.5 Å². The van der Waals surface area contributed by atoms with Crippen molar-refractivity contribution in [1.82, 2.24) is 10.3 Å². The summed E-state index contributed by atoms with van der Waals surface area (Å²) < 4.78 is 18.4. The van der Waals surface area contributed by atoms with Gasteiger partial charge in [0.15, 0.2) is 5.11 Å². The normalized spacial score (nSPS) is 16.5. The first-order chi connectivity index (χ1) is 12.1. The van der Waals surface area contributed by atoms with Gasteiger partial charge in [0, 0.05) is 13.0 Å². The molecule has 3 rings (SSSR count). The van der Waals surface area contributed by atoms with Crippen molar-refractivity contribution in [3.8, 4) is 5.75 Å². The zero-order valence-corrected chi connectivity index (χ0v) is 15.0. The summed E-state index contributed by atoms with van der Waals surface area (Å²) in [5, 5.41) is 10.3. The lowest BCUT2D eigenvalue weighted by atomic mass is 9.98. The van der Waals surface area contributed by atoms with Gasteiger partial charge in [-0.25, -0.2) is 9.40 Å². The molecule has 1 N–H and O–H groups in total. The molecule has 25 heavy (non-hydrogen) atoms. The van der Waals surface area contributed by atoms with Crippen LogP contribution in [0, 0.1) is 5.82 Å². The van der Waals surface area contributed by atoms with Gasteiger partial charge in [-0.1, -0.05) is 24.3 Å². The lowest BCUT2D eigenvalue weighted by molar-refractivity contribution is 0.364. The number of nitrogens with one attached hydrogen (secondary N) is 1. The van der Waals surface area contributed by atoms with Crippen LogP contribution in [0.25, 0.3) is 0 Å². The Labute approximate surface area is 152 Å². The highest BCUT2D eigenvalue weighted by Crippen LogP contribution is 2.33. The highest BCUT2D eigenvalue weighted by molar-refractivity contribution is 7.80. The third kappa shape index (κ3) is 3.79. The molecule has 4 nitrogen and oxygen atoms in total. The molecule has 0 spiro atoms. The molecule has 0 aromatic heterocycles. The van der Waals surface area contributed by atoms with Crippen molar-refractivity contribution in [3.63, 3.8) is 0 Å². The average molecular weight is 357 g/mol. The standard InChI is InChI=1S/C19H20FN3OS/c1-3-21-19(25)23-18(14-6-10-16(24-2)11-7-14)12-17(22-23)13-4-8-15(20)9-5-13/h4-11,18H,3,12H2,1-2H3,(H,21,25). The first-order valence-electron chi connectivity index (χ1n) is 8.16. The summed E-state index contributed by atoms with van der Waals surface area (Å²) in [5.41, 5.74) is 2.89. The van der Waals surface area contributed by atoms with Crippen LogP contribution in [-0.4, -0.2) is 29.5 Å². The summed E-state index contributed by atoms with van der Waals surface area (Å²) in [6, 6.07) is 14.3. The van der Waals surface area contributed by atoms with E-state index >= 15 is 0 Å². The minimum Gasteiger partial charge on any atom is -0.497 e. The maximum atomic E-state index is 13.2. The largest absolute Gasteiger partial charge is 0.497 e. The van der Waals surface area contributed by atoms with E-state index in [1.165, 1.54) is 12.1 Å². The molecule has 1 aliphatic rings. The van der Waals surface area contributed by atoms with Crippen LogP contribution in [0.5, 0.6) is 5.75 Å². The number of nitrogens with zero attached hydrogens (tertiary/aromatic N) is 2. The minimum absolute atomic E-state index is 0.00231. The number of hydrogen-bond donors (Lipinski definition) is 1. The molecule has 0 saturated carbocycles. The van der Waals surface area contributed by atoms with Gasteiger partial charge in [-0.3, -0.25) is 0 Å². The van der Waals surface area contributed by atoms with E-state index in [-0.39, 0.29) is 11.9 Å². The third-order valence-corrected chi connectivity index (χ3v) is 4.46. The molecule has 0 aliphatic carbocycles. The van der Waals surface area contributed by atoms with Gasteiger partial charge in [-0.15, -0.1) is 0 Å². The zero-order chi connectivity index (χ0) is 17.8. The Morgan fingerprint density at radius 2 is 1.92 bits per heavy atom. The number of methoxy groups -OCH3 is 1. The fourth-order valence-electron chi connectivity index (χ4n) is 2.83. The van der Waals surface area contributed by atoms with Crippen molar-refractivity contribution in [3.05, 3.63) is 65.5 Å². The molecule has 1 aliphatic heterocycles. The smallest absolute Gasteiger partial charge is 0.190 e. The Morgan fingerprint density at radius 3 is 2.52 bits per heavy atom. The van der Waals surface area contributed by atoms with E-state index in [9.17, 15) is 4.39 Å². The number of hydrogen-bond acceptors (Lipinski definition) is 3. The second-order valence-corrected chi connectivity index (χ2v) is 6.11. The fraction of sp³-hybridized carbons (Fsp3) is 0.263. The van der Waals surface area contributed by atoms with Crippen LogP contribution < -0.4 is 10.1 Å². The molecule has 0 bridgehead atoms. The Balaban J connectivity index is 1.91. The van der Waals surface area contributed by atoms with Crippen LogP contribution in [0.4, 0.5) is 4.39 Å². The van der Waals surface area contributed by atoms with E-state index in [4.69, 9.17) is 22.1 Å². The Hall–Kier alpha value is -2.47. The van der Waals surface area contributed by atoms with Gasteiger partial charge in [0.2, 0.25) is 0 Å². The third-order valence-electron chi connectivity index (χ3n) is 4.12. The molecule has 2 aromatic rings. The van der Waals surface area contributed by atoms with Crippen molar-refractivity contribution < 1.29 is 9.13 Å². The Bertz CT molecular complexity index is 774. The second kappa shape index (κ2) is 7.61. The van der Waals surface area contributed by atoms with E-state index in [1.807, 2.05) is 36.2 Å². The maximum Gasteiger partial charge on any atom is 0.190 e. The van der Waals surface area contributed by atoms with Crippen LogP contribution >= 0.6 is 12.2 Å². The van der Waals surface area contributed by atoms with Crippen LogP contribution in [-0.2, 0) is 0 Å². The predicted molar refractivity (Wildman–Crippen MR) is 101 cm³/mol. The van der Waals surface area contributed by atoms with Crippen LogP contribution in [0.15, 0.2) is 53.6 Å².